The average molecular weight is 377 g/mol. The molecule has 0 spiro atoms. The summed E-state index contributed by atoms with van der Waals surface area (Å²) >= 11 is 1.81. The molecule has 2 N–H and O–H groups in total. The maximum absolute atomic E-state index is 12.4. The number of carbonyl (C=O) groups excluding carboxylic acids is 1. The van der Waals surface area contributed by atoms with Crippen LogP contribution in [0.2, 0.25) is 0 Å². The first-order chi connectivity index (χ1) is 11.7. The van der Waals surface area contributed by atoms with Crippen molar-refractivity contribution in [3.05, 3.63) is 65.7 Å². The van der Waals surface area contributed by atoms with E-state index in [1.807, 2.05) is 30.0 Å². The van der Waals surface area contributed by atoms with Gasteiger partial charge in [0.05, 0.1) is 0 Å². The van der Waals surface area contributed by atoms with E-state index in [0.29, 0.717) is 5.92 Å². The fourth-order valence-electron chi connectivity index (χ4n) is 2.92. The Hall–Kier alpha value is -1.49. The van der Waals surface area contributed by atoms with Crippen molar-refractivity contribution in [1.29, 1.82) is 0 Å². The lowest BCUT2D eigenvalue weighted by atomic mass is 9.95. The van der Waals surface area contributed by atoms with E-state index in [1.165, 1.54) is 10.5 Å². The van der Waals surface area contributed by atoms with E-state index < -0.39 is 0 Å². The van der Waals surface area contributed by atoms with E-state index in [1.54, 1.807) is 0 Å². The molecule has 1 saturated heterocycles. The van der Waals surface area contributed by atoms with Gasteiger partial charge in [-0.25, -0.2) is 0 Å². The second-order valence-electron chi connectivity index (χ2n) is 6.35. The Bertz CT molecular complexity index is 663. The van der Waals surface area contributed by atoms with Crippen LogP contribution in [0.5, 0.6) is 0 Å². The first kappa shape index (κ1) is 19.8. The van der Waals surface area contributed by atoms with Crippen LogP contribution in [0.1, 0.15) is 29.3 Å². The Morgan fingerprint density at radius 3 is 2.56 bits per heavy atom. The predicted molar refractivity (Wildman–Crippen MR) is 108 cm³/mol. The molecular weight excluding hydrogens is 352 g/mol. The molecule has 25 heavy (non-hydrogen) atoms. The number of amides is 1. The second-order valence-corrected chi connectivity index (χ2v) is 7.40. The van der Waals surface area contributed by atoms with Crippen LogP contribution in [0.4, 0.5) is 0 Å². The van der Waals surface area contributed by atoms with Gasteiger partial charge in [0.1, 0.15) is 0 Å². The minimum absolute atomic E-state index is 0. The van der Waals surface area contributed by atoms with Gasteiger partial charge in [0.2, 0.25) is 0 Å². The van der Waals surface area contributed by atoms with E-state index in [9.17, 15) is 4.79 Å². The molecule has 0 aromatic heterocycles. The quantitative estimate of drug-likeness (QED) is 0.771. The molecule has 3 rings (SSSR count). The van der Waals surface area contributed by atoms with Crippen LogP contribution in [-0.4, -0.2) is 25.0 Å². The number of benzene rings is 2. The first-order valence-corrected chi connectivity index (χ1v) is 9.49. The highest BCUT2D eigenvalue weighted by molar-refractivity contribution is 7.98. The summed E-state index contributed by atoms with van der Waals surface area (Å²) < 4.78 is 0. The first-order valence-electron chi connectivity index (χ1n) is 8.51. The number of carbonyl (C=O) groups is 1. The third-order valence-corrected chi connectivity index (χ3v) is 5.55. The molecule has 2 aromatic rings. The molecule has 134 valence electrons. The fourth-order valence-corrected chi connectivity index (χ4v) is 3.79. The van der Waals surface area contributed by atoms with Gasteiger partial charge >= 0.3 is 0 Å². The molecule has 2 aromatic carbocycles. The summed E-state index contributed by atoms with van der Waals surface area (Å²) in [6.07, 6.45) is 0.999. The molecule has 1 fully saturated rings. The molecule has 2 unspecified atom stereocenters. The highest BCUT2D eigenvalue weighted by atomic mass is 35.5. The van der Waals surface area contributed by atoms with E-state index in [2.05, 4.69) is 54.0 Å². The predicted octanol–water partition coefficient (Wildman–Crippen LogP) is 4.13. The zero-order valence-electron chi connectivity index (χ0n) is 14.4. The van der Waals surface area contributed by atoms with Gasteiger partial charge in [-0.15, -0.1) is 24.2 Å². The zero-order chi connectivity index (χ0) is 16.8. The lowest BCUT2D eigenvalue weighted by Gasteiger charge is -2.30. The fraction of sp³-hybridized carbons (Fsp3) is 0.350. The van der Waals surface area contributed by atoms with Gasteiger partial charge in [-0.2, -0.15) is 0 Å². The van der Waals surface area contributed by atoms with Gasteiger partial charge in [0.25, 0.3) is 5.91 Å². The topological polar surface area (TPSA) is 41.1 Å². The molecule has 3 nitrogen and oxygen atoms in total. The number of nitrogens with one attached hydrogen (secondary N) is 2. The summed E-state index contributed by atoms with van der Waals surface area (Å²) in [5.74, 6) is 1.43. The Kier molecular flexibility index (Phi) is 7.82. The molecule has 1 amide bonds. The summed E-state index contributed by atoms with van der Waals surface area (Å²) in [4.78, 5) is 13.7. The second kappa shape index (κ2) is 9.85. The monoisotopic (exact) mass is 376 g/mol. The standard InChI is InChI=1S/C20H24N2OS.ClH/c1-15-13-21-12-11-19(15)22-20(23)17-9-7-16(8-10-17)14-24-18-5-3-2-4-6-18;/h2-10,15,19,21H,11-14H2,1H3,(H,22,23);1H. The van der Waals surface area contributed by atoms with Crippen LogP contribution >= 0.6 is 24.2 Å². The molecule has 0 radical (unpaired) electrons. The summed E-state index contributed by atoms with van der Waals surface area (Å²) in [6, 6.07) is 18.6. The van der Waals surface area contributed by atoms with Crippen molar-refractivity contribution in [3.8, 4) is 0 Å². The number of rotatable bonds is 5. The summed E-state index contributed by atoms with van der Waals surface area (Å²) in [7, 11) is 0. The van der Waals surface area contributed by atoms with Crippen LogP contribution in [0.3, 0.4) is 0 Å². The van der Waals surface area contributed by atoms with Crippen molar-refractivity contribution < 1.29 is 4.79 Å². The molecule has 0 saturated carbocycles. The third-order valence-electron chi connectivity index (χ3n) is 4.47. The largest absolute Gasteiger partial charge is 0.349 e. The Labute approximate surface area is 160 Å². The smallest absolute Gasteiger partial charge is 0.251 e. The lowest BCUT2D eigenvalue weighted by Crippen LogP contribution is -2.48. The normalized spacial score (nSPS) is 19.7. The van der Waals surface area contributed by atoms with Crippen LogP contribution in [-0.2, 0) is 5.75 Å². The van der Waals surface area contributed by atoms with Crippen LogP contribution in [0.25, 0.3) is 0 Å². The molecular formula is C20H25ClN2OS. The maximum atomic E-state index is 12.4. The highest BCUT2D eigenvalue weighted by Gasteiger charge is 2.22. The molecule has 2 atom stereocenters. The summed E-state index contributed by atoms with van der Waals surface area (Å²) in [6.45, 7) is 4.13. The van der Waals surface area contributed by atoms with Crippen LogP contribution in [0.15, 0.2) is 59.5 Å². The maximum Gasteiger partial charge on any atom is 0.251 e. The van der Waals surface area contributed by atoms with Crippen molar-refractivity contribution >= 4 is 30.1 Å². The molecule has 1 aliphatic heterocycles. The van der Waals surface area contributed by atoms with Crippen molar-refractivity contribution in [3.63, 3.8) is 0 Å². The van der Waals surface area contributed by atoms with E-state index >= 15 is 0 Å². The van der Waals surface area contributed by atoms with Crippen LogP contribution < -0.4 is 10.6 Å². The summed E-state index contributed by atoms with van der Waals surface area (Å²) in [5, 5.41) is 6.54. The van der Waals surface area contributed by atoms with Crippen LogP contribution in [0, 0.1) is 5.92 Å². The minimum atomic E-state index is 0. The molecule has 1 aliphatic rings. The van der Waals surface area contributed by atoms with Gasteiger partial charge in [-0.05, 0) is 55.3 Å². The Morgan fingerprint density at radius 1 is 1.16 bits per heavy atom. The van der Waals surface area contributed by atoms with E-state index in [-0.39, 0.29) is 24.4 Å². The van der Waals surface area contributed by atoms with Gasteiger partial charge < -0.3 is 10.6 Å². The summed E-state index contributed by atoms with van der Waals surface area (Å²) in [5.41, 5.74) is 1.98. The van der Waals surface area contributed by atoms with Gasteiger partial charge in [-0.1, -0.05) is 37.3 Å². The minimum Gasteiger partial charge on any atom is -0.349 e. The number of hydrogen-bond acceptors (Lipinski definition) is 3. The Balaban J connectivity index is 0.00000225. The van der Waals surface area contributed by atoms with E-state index in [0.717, 1.165) is 30.8 Å². The van der Waals surface area contributed by atoms with Crippen molar-refractivity contribution in [2.45, 2.75) is 30.0 Å². The SMILES string of the molecule is CC1CNCCC1NC(=O)c1ccc(CSc2ccccc2)cc1.Cl. The zero-order valence-corrected chi connectivity index (χ0v) is 16.0. The number of hydrogen-bond donors (Lipinski definition) is 2. The number of halogens is 1. The number of thioether (sulfide) groups is 1. The van der Waals surface area contributed by atoms with Crippen molar-refractivity contribution in [1.82, 2.24) is 10.6 Å². The third kappa shape index (κ3) is 5.77. The highest BCUT2D eigenvalue weighted by Crippen LogP contribution is 2.22. The molecule has 0 aliphatic carbocycles. The molecule has 0 bridgehead atoms. The number of piperidine rings is 1. The van der Waals surface area contributed by atoms with Gasteiger partial charge in [0, 0.05) is 22.3 Å². The van der Waals surface area contributed by atoms with E-state index in [4.69, 9.17) is 0 Å². The van der Waals surface area contributed by atoms with Gasteiger partial charge in [-0.3, -0.25) is 4.79 Å². The molecule has 1 heterocycles. The Morgan fingerprint density at radius 2 is 1.88 bits per heavy atom. The lowest BCUT2D eigenvalue weighted by molar-refractivity contribution is 0.0914. The van der Waals surface area contributed by atoms with Gasteiger partial charge in [0.15, 0.2) is 0 Å². The van der Waals surface area contributed by atoms with Crippen molar-refractivity contribution in [2.75, 3.05) is 13.1 Å². The average Bonchev–Trinajstić information content (AvgIpc) is 2.63. The molecule has 5 heteroatoms. The van der Waals surface area contributed by atoms with Crippen molar-refractivity contribution in [2.24, 2.45) is 5.92 Å².